The molecule has 4 aromatic rings. The van der Waals surface area contributed by atoms with Crippen molar-refractivity contribution in [2.24, 2.45) is 0 Å². The van der Waals surface area contributed by atoms with Gasteiger partial charge in [0.05, 0.1) is 24.0 Å². The third kappa shape index (κ3) is 3.97. The Balaban J connectivity index is 1.39. The van der Waals surface area contributed by atoms with Crippen LogP contribution >= 0.6 is 0 Å². The number of aromatic nitrogens is 2. The van der Waals surface area contributed by atoms with Gasteiger partial charge in [0, 0.05) is 5.39 Å². The van der Waals surface area contributed by atoms with Crippen LogP contribution in [-0.4, -0.2) is 47.5 Å². The molecule has 1 aliphatic heterocycles. The number of hydrogen-bond donors (Lipinski definition) is 0. The van der Waals surface area contributed by atoms with E-state index >= 15 is 0 Å². The molecule has 9 nitrogen and oxygen atoms in total. The fraction of sp³-hybridized carbons (Fsp3) is 0.120. The zero-order valence-electron chi connectivity index (χ0n) is 18.3. The van der Waals surface area contributed by atoms with Gasteiger partial charge < -0.3 is 4.74 Å². The molecule has 0 fully saturated rings. The van der Waals surface area contributed by atoms with Crippen LogP contribution in [0.2, 0.25) is 0 Å². The van der Waals surface area contributed by atoms with Crippen molar-refractivity contribution in [2.45, 2.75) is 11.4 Å². The first-order chi connectivity index (χ1) is 16.9. The molecule has 5 rings (SSSR count). The predicted octanol–water partition coefficient (Wildman–Crippen LogP) is 2.45. The van der Waals surface area contributed by atoms with Gasteiger partial charge in [-0.3, -0.25) is 9.59 Å². The summed E-state index contributed by atoms with van der Waals surface area (Å²) in [6.45, 7) is -0.557. The molecule has 1 aliphatic rings. The lowest BCUT2D eigenvalue weighted by atomic mass is 10.1. The predicted molar refractivity (Wildman–Crippen MR) is 126 cm³/mol. The van der Waals surface area contributed by atoms with Crippen LogP contribution in [0.5, 0.6) is 0 Å². The number of esters is 1. The highest BCUT2D eigenvalue weighted by molar-refractivity contribution is 7.90. The summed E-state index contributed by atoms with van der Waals surface area (Å²) < 4.78 is 32.6. The van der Waals surface area contributed by atoms with E-state index in [1.54, 1.807) is 30.3 Å². The molecule has 1 aromatic heterocycles. The van der Waals surface area contributed by atoms with Gasteiger partial charge in [-0.25, -0.2) is 22.2 Å². The lowest BCUT2D eigenvalue weighted by Crippen LogP contribution is -2.34. The molecular weight excluding hydrogens is 470 g/mol. The largest absolute Gasteiger partial charge is 0.459 e. The van der Waals surface area contributed by atoms with Crippen LogP contribution in [0, 0.1) is 0 Å². The van der Waals surface area contributed by atoms with Crippen LogP contribution in [0.3, 0.4) is 0 Å². The Morgan fingerprint density at radius 1 is 0.857 bits per heavy atom. The van der Waals surface area contributed by atoms with Gasteiger partial charge in [-0.1, -0.05) is 60.7 Å². The smallest absolute Gasteiger partial charge is 0.359 e. The number of sulfonamides is 1. The molecule has 35 heavy (non-hydrogen) atoms. The number of amides is 1. The summed E-state index contributed by atoms with van der Waals surface area (Å²) in [5, 5.41) is 4.88. The molecule has 0 saturated heterocycles. The van der Waals surface area contributed by atoms with Crippen molar-refractivity contribution in [1.82, 2.24) is 14.1 Å². The minimum absolute atomic E-state index is 0.0722. The molecule has 3 aromatic carbocycles. The Morgan fingerprint density at radius 3 is 2.26 bits per heavy atom. The molecule has 10 heteroatoms. The van der Waals surface area contributed by atoms with Gasteiger partial charge >= 0.3 is 5.97 Å². The van der Waals surface area contributed by atoms with E-state index in [-0.39, 0.29) is 41.4 Å². The fourth-order valence-electron chi connectivity index (χ4n) is 3.99. The number of carbonyl (C=O) groups excluding carboxylic acids is 2. The second-order valence-corrected chi connectivity index (χ2v) is 9.69. The minimum atomic E-state index is -4.01. The number of benzene rings is 3. The lowest BCUT2D eigenvalue weighted by Gasteiger charge is -2.15. The van der Waals surface area contributed by atoms with Crippen molar-refractivity contribution in [2.75, 3.05) is 13.2 Å². The van der Waals surface area contributed by atoms with E-state index in [2.05, 4.69) is 5.10 Å². The zero-order chi connectivity index (χ0) is 24.6. The fourth-order valence-corrected chi connectivity index (χ4v) is 5.54. The monoisotopic (exact) mass is 489 g/mol. The summed E-state index contributed by atoms with van der Waals surface area (Å²) in [6, 6.07) is 21.7. The normalized spacial score (nSPS) is 14.2. The van der Waals surface area contributed by atoms with Gasteiger partial charge in [0.25, 0.3) is 21.5 Å². The van der Waals surface area contributed by atoms with Crippen molar-refractivity contribution >= 4 is 32.7 Å². The maximum Gasteiger partial charge on any atom is 0.359 e. The molecule has 0 bridgehead atoms. The van der Waals surface area contributed by atoms with Crippen LogP contribution in [0.4, 0.5) is 0 Å². The maximum absolute atomic E-state index is 13.0. The lowest BCUT2D eigenvalue weighted by molar-refractivity contribution is 0.0471. The van der Waals surface area contributed by atoms with Gasteiger partial charge in [0.15, 0.2) is 5.69 Å². The van der Waals surface area contributed by atoms with Crippen LogP contribution in [-0.2, 0) is 21.3 Å². The number of ether oxygens (including phenoxy) is 1. The summed E-state index contributed by atoms with van der Waals surface area (Å²) in [5.41, 5.74) is 0.482. The molecular formula is C25H19N3O6S. The zero-order valence-corrected chi connectivity index (χ0v) is 19.1. The van der Waals surface area contributed by atoms with Gasteiger partial charge in [-0.2, -0.15) is 5.10 Å². The number of hydrogen-bond acceptors (Lipinski definition) is 7. The minimum Gasteiger partial charge on any atom is -0.459 e. The number of rotatable bonds is 6. The van der Waals surface area contributed by atoms with E-state index in [4.69, 9.17) is 4.74 Å². The molecule has 176 valence electrons. The molecule has 0 aliphatic carbocycles. The topological polar surface area (TPSA) is 116 Å². The summed E-state index contributed by atoms with van der Waals surface area (Å²) in [4.78, 5) is 38.4. The van der Waals surface area contributed by atoms with Crippen LogP contribution < -0.4 is 5.56 Å². The first kappa shape index (κ1) is 22.5. The third-order valence-electron chi connectivity index (χ3n) is 5.68. The Morgan fingerprint density at radius 2 is 1.51 bits per heavy atom. The highest BCUT2D eigenvalue weighted by Crippen LogP contribution is 2.29. The summed E-state index contributed by atoms with van der Waals surface area (Å²) >= 11 is 0. The van der Waals surface area contributed by atoms with Gasteiger partial charge in [0.2, 0.25) is 0 Å². The third-order valence-corrected chi connectivity index (χ3v) is 7.52. The number of fused-ring (bicyclic) bond motifs is 2. The maximum atomic E-state index is 13.0. The molecule has 2 heterocycles. The molecule has 0 N–H and O–H groups in total. The molecule has 0 atom stereocenters. The van der Waals surface area contributed by atoms with E-state index in [0.29, 0.717) is 15.1 Å². The molecule has 1 amide bonds. The molecule has 0 radical (unpaired) electrons. The highest BCUT2D eigenvalue weighted by Gasteiger charge is 2.40. The van der Waals surface area contributed by atoms with Crippen molar-refractivity contribution in [3.05, 3.63) is 106 Å². The molecule has 0 unspecified atom stereocenters. The van der Waals surface area contributed by atoms with E-state index in [9.17, 15) is 22.8 Å². The van der Waals surface area contributed by atoms with Gasteiger partial charge in [0.1, 0.15) is 11.5 Å². The van der Waals surface area contributed by atoms with Crippen molar-refractivity contribution < 1.29 is 22.7 Å². The number of nitrogens with zero attached hydrogens (tertiary/aromatic N) is 3. The number of carbonyl (C=O) groups is 2. The van der Waals surface area contributed by atoms with Crippen LogP contribution in [0.1, 0.15) is 26.4 Å². The van der Waals surface area contributed by atoms with E-state index in [1.807, 2.05) is 30.3 Å². The van der Waals surface area contributed by atoms with E-state index in [0.717, 1.165) is 5.56 Å². The Labute approximate surface area is 200 Å². The molecule has 0 saturated carbocycles. The van der Waals surface area contributed by atoms with Gasteiger partial charge in [-0.15, -0.1) is 0 Å². The van der Waals surface area contributed by atoms with E-state index < -0.39 is 21.9 Å². The Kier molecular flexibility index (Phi) is 5.65. The van der Waals surface area contributed by atoms with Crippen molar-refractivity contribution in [1.29, 1.82) is 0 Å². The van der Waals surface area contributed by atoms with Crippen LogP contribution in [0.25, 0.3) is 10.8 Å². The molecule has 0 spiro atoms. The van der Waals surface area contributed by atoms with E-state index in [1.165, 1.54) is 22.9 Å². The average Bonchev–Trinajstić information content (AvgIpc) is 3.07. The second-order valence-electron chi connectivity index (χ2n) is 7.86. The highest BCUT2D eigenvalue weighted by atomic mass is 32.2. The quantitative estimate of drug-likeness (QED) is 0.382. The Bertz CT molecular complexity index is 1630. The standard InChI is InChI=1S/C25H19N3O6S/c29-23-19-11-5-4-10-18(19)22(26-27(23)16-17-8-2-1-3-9-17)25(31)34-15-14-28-24(30)20-12-6-7-13-21(20)35(28,32)33/h1-13H,14-16H2. The van der Waals surface area contributed by atoms with Gasteiger partial charge in [-0.05, 0) is 23.8 Å². The summed E-state index contributed by atoms with van der Waals surface area (Å²) in [5.74, 6) is -1.50. The van der Waals surface area contributed by atoms with Crippen molar-refractivity contribution in [3.63, 3.8) is 0 Å². The summed E-state index contributed by atoms with van der Waals surface area (Å²) in [6.07, 6.45) is 0. The average molecular weight is 490 g/mol. The SMILES string of the molecule is O=C(OCCN1C(=O)c2ccccc2S1(=O)=O)c1nn(Cc2ccccc2)c(=O)c2ccccc12. The van der Waals surface area contributed by atoms with Crippen molar-refractivity contribution in [3.8, 4) is 0 Å². The summed E-state index contributed by atoms with van der Waals surface area (Å²) in [7, 11) is -4.01. The second kappa shape index (κ2) is 8.80. The first-order valence-corrected chi connectivity index (χ1v) is 12.2. The van der Waals surface area contributed by atoms with Crippen LogP contribution in [0.15, 0.2) is 88.6 Å². The Hall–Kier alpha value is -4.31. The first-order valence-electron chi connectivity index (χ1n) is 10.7.